The lowest BCUT2D eigenvalue weighted by Gasteiger charge is -2.10. The van der Waals surface area contributed by atoms with Gasteiger partial charge in [0, 0.05) is 42.4 Å². The molecule has 0 saturated heterocycles. The van der Waals surface area contributed by atoms with Crippen molar-refractivity contribution in [2.75, 3.05) is 7.11 Å². The van der Waals surface area contributed by atoms with E-state index in [1.54, 1.807) is 41.9 Å². The third kappa shape index (κ3) is 2.83. The van der Waals surface area contributed by atoms with Crippen molar-refractivity contribution >= 4 is 21.9 Å². The molecule has 0 atom stereocenters. The zero-order valence-corrected chi connectivity index (χ0v) is 17.8. The van der Waals surface area contributed by atoms with Crippen LogP contribution in [0.3, 0.4) is 0 Å². The number of nitrogens with zero attached hydrogens (tertiary/aromatic N) is 6. The number of methoxy groups -OCH3 is 1. The van der Waals surface area contributed by atoms with Gasteiger partial charge in [-0.15, -0.1) is 0 Å². The lowest BCUT2D eigenvalue weighted by molar-refractivity contribution is 0.398. The van der Waals surface area contributed by atoms with E-state index in [0.29, 0.717) is 12.4 Å². The summed E-state index contributed by atoms with van der Waals surface area (Å²) in [6, 6.07) is 9.85. The van der Waals surface area contributed by atoms with Crippen LogP contribution >= 0.6 is 0 Å². The van der Waals surface area contributed by atoms with E-state index in [9.17, 15) is 4.79 Å². The maximum Gasteiger partial charge on any atom is 0.334 e. The molecule has 5 rings (SSSR count). The molecule has 0 bridgehead atoms. The number of aryl methyl sites for hydroxylation is 3. The lowest BCUT2D eigenvalue weighted by Crippen LogP contribution is -2.23. The molecule has 4 aromatic heterocycles. The average Bonchev–Trinajstić information content (AvgIpc) is 3.29. The highest BCUT2D eigenvalue weighted by molar-refractivity contribution is 6.04. The zero-order chi connectivity index (χ0) is 21.7. The van der Waals surface area contributed by atoms with Gasteiger partial charge in [-0.05, 0) is 37.6 Å². The molecule has 156 valence electrons. The van der Waals surface area contributed by atoms with Crippen LogP contribution in [-0.4, -0.2) is 36.0 Å². The molecule has 0 aliphatic heterocycles. The van der Waals surface area contributed by atoms with Gasteiger partial charge in [0.05, 0.1) is 36.1 Å². The first-order valence-corrected chi connectivity index (χ1v) is 10.1. The Hall–Kier alpha value is -3.94. The first-order chi connectivity index (χ1) is 15.0. The monoisotopic (exact) mass is 414 g/mol. The molecule has 8 heteroatoms. The van der Waals surface area contributed by atoms with E-state index < -0.39 is 0 Å². The molecule has 0 unspecified atom stereocenters. The Morgan fingerprint density at radius 3 is 2.55 bits per heavy atom. The summed E-state index contributed by atoms with van der Waals surface area (Å²) in [6.45, 7) is 4.65. The molecule has 5 aromatic rings. The van der Waals surface area contributed by atoms with E-state index in [1.807, 2.05) is 42.8 Å². The summed E-state index contributed by atoms with van der Waals surface area (Å²) in [4.78, 5) is 22.2. The molecule has 4 heterocycles. The third-order valence-electron chi connectivity index (χ3n) is 5.66. The minimum absolute atomic E-state index is 0.126. The van der Waals surface area contributed by atoms with E-state index in [4.69, 9.17) is 4.74 Å². The van der Waals surface area contributed by atoms with Crippen LogP contribution < -0.4 is 10.4 Å². The number of benzene rings is 1. The predicted octanol–water partition coefficient (Wildman–Crippen LogP) is 3.47. The maximum absolute atomic E-state index is 13.3. The normalized spacial score (nSPS) is 11.5. The van der Waals surface area contributed by atoms with Gasteiger partial charge < -0.3 is 4.74 Å². The SMILES string of the molecule is CCn1ncc(C)c1-n1c(=O)n(C)c2cnc3ccc(-c4ccc(OC)nc4)cc3c21. The van der Waals surface area contributed by atoms with Gasteiger partial charge in [0.25, 0.3) is 0 Å². The van der Waals surface area contributed by atoms with Gasteiger partial charge in [0.2, 0.25) is 5.88 Å². The smallest absolute Gasteiger partial charge is 0.334 e. The summed E-state index contributed by atoms with van der Waals surface area (Å²) in [6.07, 6.45) is 5.33. The number of ether oxygens (including phenoxy) is 1. The fourth-order valence-corrected chi connectivity index (χ4v) is 4.04. The van der Waals surface area contributed by atoms with Crippen molar-refractivity contribution < 1.29 is 4.74 Å². The van der Waals surface area contributed by atoms with Crippen molar-refractivity contribution in [3.05, 3.63) is 65.0 Å². The van der Waals surface area contributed by atoms with Gasteiger partial charge in [0.15, 0.2) is 0 Å². The minimum Gasteiger partial charge on any atom is -0.481 e. The van der Waals surface area contributed by atoms with E-state index in [1.165, 1.54) is 0 Å². The number of aromatic nitrogens is 6. The molecule has 8 nitrogen and oxygen atoms in total. The highest BCUT2D eigenvalue weighted by Crippen LogP contribution is 2.30. The minimum atomic E-state index is -0.126. The van der Waals surface area contributed by atoms with Crippen molar-refractivity contribution in [3.63, 3.8) is 0 Å². The van der Waals surface area contributed by atoms with Gasteiger partial charge in [-0.25, -0.2) is 19.0 Å². The van der Waals surface area contributed by atoms with Crippen molar-refractivity contribution in [1.29, 1.82) is 0 Å². The molecule has 31 heavy (non-hydrogen) atoms. The second-order valence-electron chi connectivity index (χ2n) is 7.46. The highest BCUT2D eigenvalue weighted by Gasteiger charge is 2.20. The van der Waals surface area contributed by atoms with Gasteiger partial charge in [-0.2, -0.15) is 5.10 Å². The summed E-state index contributed by atoms with van der Waals surface area (Å²) in [5.41, 5.74) is 5.16. The van der Waals surface area contributed by atoms with Gasteiger partial charge in [0.1, 0.15) is 5.82 Å². The summed E-state index contributed by atoms with van der Waals surface area (Å²) < 4.78 is 10.4. The Labute approximate surface area is 178 Å². The van der Waals surface area contributed by atoms with Crippen LogP contribution in [-0.2, 0) is 13.6 Å². The zero-order valence-electron chi connectivity index (χ0n) is 17.8. The molecule has 0 N–H and O–H groups in total. The standard InChI is InChI=1S/C23H22N6O2/c1-5-28-22(14(2)11-26-28)29-21-17-10-15(16-7-9-20(31-4)25-12-16)6-8-18(17)24-13-19(21)27(3)23(29)30/h6-13H,5H2,1-4H3. The van der Waals surface area contributed by atoms with Gasteiger partial charge in [-0.3, -0.25) is 9.55 Å². The van der Waals surface area contributed by atoms with E-state index in [0.717, 1.165) is 44.4 Å². The van der Waals surface area contributed by atoms with Crippen LogP contribution in [0.5, 0.6) is 5.88 Å². The molecule has 0 fully saturated rings. The van der Waals surface area contributed by atoms with Gasteiger partial charge in [-0.1, -0.05) is 6.07 Å². The van der Waals surface area contributed by atoms with Crippen LogP contribution in [0, 0.1) is 6.92 Å². The average molecular weight is 414 g/mol. The molecule has 0 aliphatic rings. The number of hydrogen-bond donors (Lipinski definition) is 0. The van der Waals surface area contributed by atoms with Crippen LogP contribution in [0.1, 0.15) is 12.5 Å². The molecule has 0 saturated carbocycles. The number of rotatable bonds is 4. The first kappa shape index (κ1) is 19.0. The Bertz CT molecular complexity index is 1490. The molecular weight excluding hydrogens is 392 g/mol. The number of hydrogen-bond acceptors (Lipinski definition) is 5. The van der Waals surface area contributed by atoms with E-state index >= 15 is 0 Å². The predicted molar refractivity (Wildman–Crippen MR) is 120 cm³/mol. The van der Waals surface area contributed by atoms with Crippen molar-refractivity contribution in [2.45, 2.75) is 20.4 Å². The Kier molecular flexibility index (Phi) is 4.35. The summed E-state index contributed by atoms with van der Waals surface area (Å²) in [5, 5.41) is 5.34. The molecule has 0 aliphatic carbocycles. The quantitative estimate of drug-likeness (QED) is 0.450. The fourth-order valence-electron chi connectivity index (χ4n) is 4.04. The van der Waals surface area contributed by atoms with Crippen LogP contribution in [0.25, 0.3) is 38.9 Å². The first-order valence-electron chi connectivity index (χ1n) is 10.1. The van der Waals surface area contributed by atoms with Crippen LogP contribution in [0.2, 0.25) is 0 Å². The Morgan fingerprint density at radius 2 is 1.84 bits per heavy atom. The second-order valence-corrected chi connectivity index (χ2v) is 7.46. The Balaban J connectivity index is 1.85. The van der Waals surface area contributed by atoms with E-state index in [-0.39, 0.29) is 5.69 Å². The molecule has 0 radical (unpaired) electrons. The second kappa shape index (κ2) is 7.09. The molecule has 1 aromatic carbocycles. The van der Waals surface area contributed by atoms with Crippen molar-refractivity contribution in [2.24, 2.45) is 7.05 Å². The number of imidazole rings is 1. The maximum atomic E-state index is 13.3. The molecular formula is C23H22N6O2. The summed E-state index contributed by atoms with van der Waals surface area (Å²) >= 11 is 0. The lowest BCUT2D eigenvalue weighted by atomic mass is 10.0. The van der Waals surface area contributed by atoms with Crippen LogP contribution in [0.15, 0.2) is 53.7 Å². The Morgan fingerprint density at radius 1 is 1.03 bits per heavy atom. The highest BCUT2D eigenvalue weighted by atomic mass is 16.5. The largest absolute Gasteiger partial charge is 0.481 e. The van der Waals surface area contributed by atoms with E-state index in [2.05, 4.69) is 21.1 Å². The fraction of sp³-hybridized carbons (Fsp3) is 0.217. The van der Waals surface area contributed by atoms with Crippen LogP contribution in [0.4, 0.5) is 0 Å². The topological polar surface area (TPSA) is 79.8 Å². The number of pyridine rings is 2. The summed E-state index contributed by atoms with van der Waals surface area (Å²) in [7, 11) is 3.37. The summed E-state index contributed by atoms with van der Waals surface area (Å²) in [5.74, 6) is 1.34. The third-order valence-corrected chi connectivity index (χ3v) is 5.66. The van der Waals surface area contributed by atoms with Gasteiger partial charge >= 0.3 is 5.69 Å². The number of fused-ring (bicyclic) bond motifs is 3. The molecule has 0 amide bonds. The molecule has 0 spiro atoms. The van der Waals surface area contributed by atoms with Crippen molar-refractivity contribution in [3.8, 4) is 22.8 Å². The van der Waals surface area contributed by atoms with Crippen molar-refractivity contribution in [1.82, 2.24) is 28.9 Å².